The SMILES string of the molecule is Cc1c(C(=O)CN2CCCCC2)c2ncc(CNS(C)(=O)=O)cc2n1-c1ccc(C#N)cc1. The van der Waals surface area contributed by atoms with Crippen molar-refractivity contribution in [3.8, 4) is 11.8 Å². The Morgan fingerprint density at radius 3 is 2.52 bits per heavy atom. The molecule has 0 radical (unpaired) electrons. The summed E-state index contributed by atoms with van der Waals surface area (Å²) in [5.41, 5.74) is 4.73. The third-order valence-electron chi connectivity index (χ3n) is 5.99. The van der Waals surface area contributed by atoms with E-state index in [1.54, 1.807) is 18.3 Å². The lowest BCUT2D eigenvalue weighted by Gasteiger charge is -2.25. The second-order valence-corrected chi connectivity index (χ2v) is 10.4. The molecule has 0 atom stereocenters. The first-order chi connectivity index (χ1) is 15.8. The minimum atomic E-state index is -3.35. The van der Waals surface area contributed by atoms with Crippen molar-refractivity contribution < 1.29 is 13.2 Å². The number of hydrogen-bond acceptors (Lipinski definition) is 6. The fourth-order valence-corrected chi connectivity index (χ4v) is 4.81. The fourth-order valence-electron chi connectivity index (χ4n) is 4.38. The van der Waals surface area contributed by atoms with E-state index in [-0.39, 0.29) is 12.3 Å². The molecule has 2 aromatic heterocycles. The molecule has 8 nitrogen and oxygen atoms in total. The smallest absolute Gasteiger partial charge is 0.209 e. The van der Waals surface area contributed by atoms with Gasteiger partial charge in [0.15, 0.2) is 5.78 Å². The van der Waals surface area contributed by atoms with E-state index in [9.17, 15) is 13.2 Å². The number of pyridine rings is 1. The number of nitriles is 1. The molecule has 1 aliphatic heterocycles. The molecule has 1 N–H and O–H groups in total. The number of benzene rings is 1. The third kappa shape index (κ3) is 5.14. The Morgan fingerprint density at radius 2 is 1.88 bits per heavy atom. The number of nitrogens with one attached hydrogen (secondary N) is 1. The molecule has 0 unspecified atom stereocenters. The van der Waals surface area contributed by atoms with E-state index in [0.717, 1.165) is 49.1 Å². The summed E-state index contributed by atoms with van der Waals surface area (Å²) in [4.78, 5) is 20.2. The highest BCUT2D eigenvalue weighted by atomic mass is 32.2. The molecule has 0 amide bonds. The van der Waals surface area contributed by atoms with E-state index in [1.807, 2.05) is 29.7 Å². The lowest BCUT2D eigenvalue weighted by atomic mass is 10.1. The lowest BCUT2D eigenvalue weighted by Crippen LogP contribution is -2.34. The van der Waals surface area contributed by atoms with Crippen molar-refractivity contribution >= 4 is 26.8 Å². The number of Topliss-reactive ketones (excluding diaryl/α,β-unsaturated/α-hetero) is 1. The van der Waals surface area contributed by atoms with Gasteiger partial charge in [0.2, 0.25) is 10.0 Å². The van der Waals surface area contributed by atoms with Crippen LogP contribution in [0.25, 0.3) is 16.7 Å². The topological polar surface area (TPSA) is 108 Å². The van der Waals surface area contributed by atoms with Gasteiger partial charge in [-0.3, -0.25) is 14.7 Å². The minimum absolute atomic E-state index is 0.0290. The largest absolute Gasteiger partial charge is 0.312 e. The molecule has 9 heteroatoms. The standard InChI is InChI=1S/C24H27N5O3S/c1-17-23(22(30)16-28-10-4-3-5-11-28)24-21(12-19(14-26-24)15-27-33(2,31)32)29(17)20-8-6-18(13-25)7-9-20/h6-9,12,14,27H,3-5,10-11,15-16H2,1-2H3. The summed E-state index contributed by atoms with van der Waals surface area (Å²) in [5.74, 6) is 0.0290. The van der Waals surface area contributed by atoms with Crippen LogP contribution in [0.3, 0.4) is 0 Å². The normalized spacial score (nSPS) is 14.9. The van der Waals surface area contributed by atoms with Crippen LogP contribution < -0.4 is 4.72 Å². The van der Waals surface area contributed by atoms with Crippen molar-refractivity contribution in [2.24, 2.45) is 0 Å². The molecule has 1 fully saturated rings. The molecule has 3 aromatic rings. The highest BCUT2D eigenvalue weighted by molar-refractivity contribution is 7.88. The zero-order valence-corrected chi connectivity index (χ0v) is 19.7. The minimum Gasteiger partial charge on any atom is -0.312 e. The van der Waals surface area contributed by atoms with Gasteiger partial charge in [-0.1, -0.05) is 6.42 Å². The Morgan fingerprint density at radius 1 is 1.18 bits per heavy atom. The van der Waals surface area contributed by atoms with Gasteiger partial charge in [0.1, 0.15) is 0 Å². The summed E-state index contributed by atoms with van der Waals surface area (Å²) in [6.07, 6.45) is 6.14. The predicted molar refractivity (Wildman–Crippen MR) is 127 cm³/mol. The first-order valence-corrected chi connectivity index (χ1v) is 12.9. The fraction of sp³-hybridized carbons (Fsp3) is 0.375. The van der Waals surface area contributed by atoms with Crippen molar-refractivity contribution in [1.29, 1.82) is 5.26 Å². The van der Waals surface area contributed by atoms with E-state index in [0.29, 0.717) is 28.8 Å². The Labute approximate surface area is 193 Å². The number of piperidine rings is 1. The molecular weight excluding hydrogens is 438 g/mol. The highest BCUT2D eigenvalue weighted by Gasteiger charge is 2.24. The maximum Gasteiger partial charge on any atom is 0.209 e. The van der Waals surface area contributed by atoms with E-state index in [2.05, 4.69) is 20.7 Å². The number of carbonyl (C=O) groups is 1. The van der Waals surface area contributed by atoms with E-state index in [4.69, 9.17) is 5.26 Å². The number of nitrogens with zero attached hydrogens (tertiary/aromatic N) is 4. The molecule has 4 rings (SSSR count). The van der Waals surface area contributed by atoms with Crippen LogP contribution in [0, 0.1) is 18.3 Å². The van der Waals surface area contributed by atoms with Crippen LogP contribution in [0.15, 0.2) is 36.5 Å². The molecule has 1 saturated heterocycles. The number of ketones is 1. The lowest BCUT2D eigenvalue weighted by molar-refractivity contribution is 0.0916. The second-order valence-electron chi connectivity index (χ2n) is 8.52. The van der Waals surface area contributed by atoms with Crippen LogP contribution in [0.5, 0.6) is 0 Å². The molecular formula is C24H27N5O3S. The van der Waals surface area contributed by atoms with Crippen LogP contribution in [0.2, 0.25) is 0 Å². The predicted octanol–water partition coefficient (Wildman–Crippen LogP) is 2.92. The van der Waals surface area contributed by atoms with Gasteiger partial charge < -0.3 is 4.57 Å². The average molecular weight is 466 g/mol. The number of hydrogen-bond donors (Lipinski definition) is 1. The maximum atomic E-state index is 13.4. The van der Waals surface area contributed by atoms with Crippen molar-refractivity contribution in [3.05, 3.63) is 58.9 Å². The molecule has 1 aliphatic rings. The van der Waals surface area contributed by atoms with Crippen LogP contribution in [-0.4, -0.2) is 54.5 Å². The van der Waals surface area contributed by atoms with Crippen molar-refractivity contribution in [2.45, 2.75) is 32.7 Å². The molecule has 3 heterocycles. The monoisotopic (exact) mass is 465 g/mol. The Hall–Kier alpha value is -3.06. The Balaban J connectivity index is 1.80. The molecule has 0 saturated carbocycles. The van der Waals surface area contributed by atoms with Gasteiger partial charge in [-0.15, -0.1) is 0 Å². The molecule has 1 aromatic carbocycles. The molecule has 0 bridgehead atoms. The summed E-state index contributed by atoms with van der Waals surface area (Å²) in [5, 5.41) is 9.15. The molecule has 172 valence electrons. The first-order valence-electron chi connectivity index (χ1n) is 11.0. The van der Waals surface area contributed by atoms with Crippen LogP contribution in [0.4, 0.5) is 0 Å². The van der Waals surface area contributed by atoms with Gasteiger partial charge >= 0.3 is 0 Å². The quantitative estimate of drug-likeness (QED) is 0.538. The Bertz CT molecular complexity index is 1330. The van der Waals surface area contributed by atoms with Crippen LogP contribution in [0.1, 0.15) is 46.4 Å². The van der Waals surface area contributed by atoms with E-state index in [1.165, 1.54) is 6.42 Å². The van der Waals surface area contributed by atoms with Crippen molar-refractivity contribution in [2.75, 3.05) is 25.9 Å². The molecule has 0 aliphatic carbocycles. The Kier molecular flexibility index (Phi) is 6.61. The number of aromatic nitrogens is 2. The summed E-state index contributed by atoms with van der Waals surface area (Å²) in [7, 11) is -3.35. The van der Waals surface area contributed by atoms with Gasteiger partial charge in [-0.25, -0.2) is 13.1 Å². The van der Waals surface area contributed by atoms with Crippen molar-refractivity contribution in [3.63, 3.8) is 0 Å². The number of carbonyl (C=O) groups excluding carboxylic acids is 1. The number of sulfonamides is 1. The summed E-state index contributed by atoms with van der Waals surface area (Å²) < 4.78 is 27.5. The van der Waals surface area contributed by atoms with E-state index >= 15 is 0 Å². The van der Waals surface area contributed by atoms with Gasteiger partial charge in [-0.05, 0) is 68.8 Å². The molecule has 0 spiro atoms. The van der Waals surface area contributed by atoms with Gasteiger partial charge in [0.05, 0.1) is 41.0 Å². The van der Waals surface area contributed by atoms with Gasteiger partial charge in [0, 0.05) is 24.1 Å². The van der Waals surface area contributed by atoms with Gasteiger partial charge in [-0.2, -0.15) is 5.26 Å². The van der Waals surface area contributed by atoms with Crippen LogP contribution in [-0.2, 0) is 16.6 Å². The average Bonchev–Trinajstić information content (AvgIpc) is 3.09. The van der Waals surface area contributed by atoms with Crippen LogP contribution >= 0.6 is 0 Å². The summed E-state index contributed by atoms with van der Waals surface area (Å²) in [6.45, 7) is 4.21. The summed E-state index contributed by atoms with van der Waals surface area (Å²) in [6, 6.07) is 11.1. The number of rotatable bonds is 7. The van der Waals surface area contributed by atoms with Gasteiger partial charge in [0.25, 0.3) is 0 Å². The first kappa shape index (κ1) is 23.1. The zero-order chi connectivity index (χ0) is 23.6. The molecule has 33 heavy (non-hydrogen) atoms. The van der Waals surface area contributed by atoms with E-state index < -0.39 is 10.0 Å². The maximum absolute atomic E-state index is 13.4. The highest BCUT2D eigenvalue weighted by Crippen LogP contribution is 2.29. The second kappa shape index (κ2) is 9.43. The summed E-state index contributed by atoms with van der Waals surface area (Å²) >= 11 is 0. The third-order valence-corrected chi connectivity index (χ3v) is 6.66. The number of likely N-dealkylation sites (tertiary alicyclic amines) is 1. The zero-order valence-electron chi connectivity index (χ0n) is 18.8. The number of fused-ring (bicyclic) bond motifs is 1. The van der Waals surface area contributed by atoms with Crippen molar-refractivity contribution in [1.82, 2.24) is 19.2 Å².